The molecule has 0 saturated carbocycles. The Bertz CT molecular complexity index is 915. The first-order valence-electron chi connectivity index (χ1n) is 11.0. The van der Waals surface area contributed by atoms with Gasteiger partial charge < -0.3 is 19.9 Å². The molecule has 3 aliphatic rings. The maximum atomic E-state index is 12.2. The fourth-order valence-electron chi connectivity index (χ4n) is 4.94. The summed E-state index contributed by atoms with van der Waals surface area (Å²) in [5, 5.41) is 3.27. The van der Waals surface area contributed by atoms with E-state index >= 15 is 0 Å². The number of carbonyl (C=O) groups is 1. The van der Waals surface area contributed by atoms with Crippen LogP contribution in [0.25, 0.3) is 0 Å². The number of amides is 1. The molecular weight excluding hydrogens is 378 g/mol. The minimum absolute atomic E-state index is 0.0461. The van der Waals surface area contributed by atoms with Crippen LogP contribution in [0, 0.1) is 0 Å². The van der Waals surface area contributed by atoms with Crippen molar-refractivity contribution in [3.05, 3.63) is 47.7 Å². The maximum absolute atomic E-state index is 12.2. The van der Waals surface area contributed by atoms with Crippen LogP contribution in [0.5, 0.6) is 0 Å². The summed E-state index contributed by atoms with van der Waals surface area (Å²) < 4.78 is 6.08. The molecule has 1 N–H and O–H groups in total. The van der Waals surface area contributed by atoms with E-state index in [1.807, 2.05) is 18.2 Å². The Morgan fingerprint density at radius 1 is 1.13 bits per heavy atom. The van der Waals surface area contributed by atoms with Gasteiger partial charge in [0.2, 0.25) is 11.9 Å². The quantitative estimate of drug-likeness (QED) is 0.838. The maximum Gasteiger partial charge on any atom is 0.246 e. The van der Waals surface area contributed by atoms with Gasteiger partial charge in [0.25, 0.3) is 0 Å². The molecule has 3 aliphatic heterocycles. The second-order valence-corrected chi connectivity index (χ2v) is 8.45. The molecular formula is C23H29N5O2. The third-order valence-corrected chi connectivity index (χ3v) is 6.61. The fourth-order valence-corrected chi connectivity index (χ4v) is 4.94. The molecule has 0 bridgehead atoms. The normalized spacial score (nSPS) is 26.4. The SMILES string of the molecule is CCc1cc(N2CC[C@@]3(c4ccccc4)NC(=O)CO[C@@H]3C2)nc(N2CCCC2)n1. The summed E-state index contributed by atoms with van der Waals surface area (Å²) in [6.07, 6.45) is 3.94. The first-order chi connectivity index (χ1) is 14.7. The van der Waals surface area contributed by atoms with Crippen molar-refractivity contribution in [1.82, 2.24) is 15.3 Å². The summed E-state index contributed by atoms with van der Waals surface area (Å²) in [7, 11) is 0. The molecule has 3 fully saturated rings. The van der Waals surface area contributed by atoms with E-state index in [0.29, 0.717) is 6.54 Å². The van der Waals surface area contributed by atoms with Crippen molar-refractivity contribution >= 4 is 17.7 Å². The molecule has 2 aromatic rings. The van der Waals surface area contributed by atoms with Gasteiger partial charge in [-0.2, -0.15) is 4.98 Å². The molecule has 1 amide bonds. The highest BCUT2D eigenvalue weighted by Crippen LogP contribution is 2.38. The lowest BCUT2D eigenvalue weighted by molar-refractivity contribution is -0.146. The van der Waals surface area contributed by atoms with E-state index in [9.17, 15) is 4.79 Å². The highest BCUT2D eigenvalue weighted by Gasteiger charge is 2.49. The zero-order chi connectivity index (χ0) is 20.6. The van der Waals surface area contributed by atoms with E-state index in [1.165, 1.54) is 12.8 Å². The molecule has 1 aromatic heterocycles. The molecule has 1 aromatic carbocycles. The van der Waals surface area contributed by atoms with Crippen LogP contribution >= 0.6 is 0 Å². The summed E-state index contributed by atoms with van der Waals surface area (Å²) in [6, 6.07) is 12.3. The van der Waals surface area contributed by atoms with Crippen LogP contribution in [0.1, 0.15) is 37.4 Å². The Morgan fingerprint density at radius 3 is 2.70 bits per heavy atom. The van der Waals surface area contributed by atoms with Gasteiger partial charge in [0.1, 0.15) is 18.5 Å². The Labute approximate surface area is 177 Å². The average molecular weight is 408 g/mol. The topological polar surface area (TPSA) is 70.6 Å². The third kappa shape index (κ3) is 3.41. The lowest BCUT2D eigenvalue weighted by Crippen LogP contribution is -2.66. The number of morpholine rings is 1. The zero-order valence-electron chi connectivity index (χ0n) is 17.5. The predicted octanol–water partition coefficient (Wildman–Crippen LogP) is 2.26. The first kappa shape index (κ1) is 19.3. The molecule has 0 spiro atoms. The summed E-state index contributed by atoms with van der Waals surface area (Å²) in [5.41, 5.74) is 1.70. The number of nitrogens with one attached hydrogen (secondary N) is 1. The van der Waals surface area contributed by atoms with E-state index in [4.69, 9.17) is 14.7 Å². The Balaban J connectivity index is 1.45. The Kier molecular flexibility index (Phi) is 5.06. The highest BCUT2D eigenvalue weighted by molar-refractivity contribution is 5.79. The zero-order valence-corrected chi connectivity index (χ0v) is 17.5. The number of hydrogen-bond acceptors (Lipinski definition) is 6. The predicted molar refractivity (Wildman–Crippen MR) is 116 cm³/mol. The largest absolute Gasteiger partial charge is 0.364 e. The van der Waals surface area contributed by atoms with Crippen molar-refractivity contribution in [3.63, 3.8) is 0 Å². The van der Waals surface area contributed by atoms with Gasteiger partial charge in [-0.1, -0.05) is 37.3 Å². The summed E-state index contributed by atoms with van der Waals surface area (Å²) in [5.74, 6) is 1.76. The Hall–Kier alpha value is -2.67. The number of ether oxygens (including phenoxy) is 1. The van der Waals surface area contributed by atoms with Gasteiger partial charge in [0, 0.05) is 37.9 Å². The number of rotatable bonds is 4. The number of piperidine rings is 1. The summed E-state index contributed by atoms with van der Waals surface area (Å²) >= 11 is 0. The molecule has 7 nitrogen and oxygen atoms in total. The smallest absolute Gasteiger partial charge is 0.246 e. The number of aryl methyl sites for hydroxylation is 1. The van der Waals surface area contributed by atoms with Crippen LogP contribution in [-0.4, -0.2) is 54.8 Å². The van der Waals surface area contributed by atoms with Crippen molar-refractivity contribution < 1.29 is 9.53 Å². The molecule has 0 radical (unpaired) electrons. The van der Waals surface area contributed by atoms with E-state index in [2.05, 4.69) is 40.2 Å². The highest BCUT2D eigenvalue weighted by atomic mass is 16.5. The van der Waals surface area contributed by atoms with Crippen molar-refractivity contribution in [2.75, 3.05) is 42.6 Å². The first-order valence-corrected chi connectivity index (χ1v) is 11.0. The molecule has 0 unspecified atom stereocenters. The second-order valence-electron chi connectivity index (χ2n) is 8.45. The molecule has 30 heavy (non-hydrogen) atoms. The monoisotopic (exact) mass is 407 g/mol. The average Bonchev–Trinajstić information content (AvgIpc) is 3.34. The number of carbonyl (C=O) groups excluding carboxylic acids is 1. The lowest BCUT2D eigenvalue weighted by Gasteiger charge is -2.50. The van der Waals surface area contributed by atoms with Gasteiger partial charge in [-0.15, -0.1) is 0 Å². The van der Waals surface area contributed by atoms with Crippen LogP contribution in [-0.2, 0) is 21.5 Å². The van der Waals surface area contributed by atoms with E-state index in [1.54, 1.807) is 0 Å². The van der Waals surface area contributed by atoms with Gasteiger partial charge in [-0.3, -0.25) is 4.79 Å². The number of fused-ring (bicyclic) bond motifs is 1. The number of hydrogen-bond donors (Lipinski definition) is 1. The van der Waals surface area contributed by atoms with Crippen LogP contribution in [0.4, 0.5) is 11.8 Å². The van der Waals surface area contributed by atoms with Gasteiger partial charge >= 0.3 is 0 Å². The number of anilines is 2. The standard InChI is InChI=1S/C23H29N5O2/c1-2-18-14-20(25-22(24-18)27-11-6-7-12-27)28-13-10-23(17-8-4-3-5-9-17)19(15-28)30-16-21(29)26-23/h3-5,8-9,14,19H,2,6-7,10-13,15-16H2,1H3,(H,26,29)/t19-,23+/m1/s1. The van der Waals surface area contributed by atoms with Gasteiger partial charge in [0.15, 0.2) is 0 Å². The fraction of sp³-hybridized carbons (Fsp3) is 0.522. The van der Waals surface area contributed by atoms with Crippen molar-refractivity contribution in [2.45, 2.75) is 44.2 Å². The van der Waals surface area contributed by atoms with Crippen LogP contribution in [0.2, 0.25) is 0 Å². The van der Waals surface area contributed by atoms with E-state index in [-0.39, 0.29) is 18.6 Å². The minimum Gasteiger partial charge on any atom is -0.364 e. The lowest BCUT2D eigenvalue weighted by atomic mass is 9.77. The summed E-state index contributed by atoms with van der Waals surface area (Å²) in [4.78, 5) is 26.5. The van der Waals surface area contributed by atoms with Gasteiger partial charge in [0.05, 0.1) is 5.54 Å². The van der Waals surface area contributed by atoms with Gasteiger partial charge in [-0.25, -0.2) is 4.98 Å². The van der Waals surface area contributed by atoms with Crippen molar-refractivity contribution in [1.29, 1.82) is 0 Å². The minimum atomic E-state index is -0.481. The molecule has 7 heteroatoms. The molecule has 158 valence electrons. The Morgan fingerprint density at radius 2 is 1.93 bits per heavy atom. The molecule has 3 saturated heterocycles. The van der Waals surface area contributed by atoms with E-state index < -0.39 is 5.54 Å². The van der Waals surface area contributed by atoms with Crippen molar-refractivity contribution in [2.24, 2.45) is 0 Å². The number of nitrogens with zero attached hydrogens (tertiary/aromatic N) is 4. The van der Waals surface area contributed by atoms with Crippen molar-refractivity contribution in [3.8, 4) is 0 Å². The third-order valence-electron chi connectivity index (χ3n) is 6.61. The molecule has 4 heterocycles. The summed E-state index contributed by atoms with van der Waals surface area (Å²) in [6.45, 7) is 5.79. The number of benzene rings is 1. The van der Waals surface area contributed by atoms with Gasteiger partial charge in [-0.05, 0) is 31.2 Å². The molecule has 5 rings (SSSR count). The molecule has 0 aliphatic carbocycles. The van der Waals surface area contributed by atoms with E-state index in [0.717, 1.165) is 55.5 Å². The second kappa shape index (κ2) is 7.87. The van der Waals surface area contributed by atoms with Crippen LogP contribution in [0.15, 0.2) is 36.4 Å². The van der Waals surface area contributed by atoms with Crippen LogP contribution in [0.3, 0.4) is 0 Å². The number of aromatic nitrogens is 2. The molecule has 2 atom stereocenters. The van der Waals surface area contributed by atoms with Crippen LogP contribution < -0.4 is 15.1 Å².